The molecule has 0 aliphatic rings. The van der Waals surface area contributed by atoms with E-state index in [0.717, 1.165) is 13.0 Å². The summed E-state index contributed by atoms with van der Waals surface area (Å²) in [6.45, 7) is 1.56. The summed E-state index contributed by atoms with van der Waals surface area (Å²) >= 11 is 0. The number of nitrogens with zero attached hydrogens (tertiary/aromatic N) is 2. The molecule has 0 saturated heterocycles. The van der Waals surface area contributed by atoms with E-state index in [1.807, 2.05) is 14.1 Å². The second-order valence-electron chi connectivity index (χ2n) is 4.62. The molecule has 0 radical (unpaired) electrons. The van der Waals surface area contributed by atoms with Crippen molar-refractivity contribution < 1.29 is 9.18 Å². The second-order valence-corrected chi connectivity index (χ2v) is 4.62. The van der Waals surface area contributed by atoms with Crippen LogP contribution in [-0.4, -0.2) is 49.9 Å². The predicted molar refractivity (Wildman–Crippen MR) is 70.9 cm³/mol. The average Bonchev–Trinajstić information content (AvgIpc) is 2.27. The highest BCUT2D eigenvalue weighted by Gasteiger charge is 2.14. The summed E-state index contributed by atoms with van der Waals surface area (Å²) in [6.07, 6.45) is 0.885. The Hall–Kier alpha value is -1.62. The molecule has 18 heavy (non-hydrogen) atoms. The first kappa shape index (κ1) is 14.4. The van der Waals surface area contributed by atoms with E-state index in [2.05, 4.69) is 4.90 Å². The molecule has 0 bridgehead atoms. The lowest BCUT2D eigenvalue weighted by Gasteiger charge is -2.19. The van der Waals surface area contributed by atoms with E-state index in [0.29, 0.717) is 12.1 Å². The van der Waals surface area contributed by atoms with Gasteiger partial charge in [-0.25, -0.2) is 4.39 Å². The summed E-state index contributed by atoms with van der Waals surface area (Å²) in [4.78, 5) is 15.7. The van der Waals surface area contributed by atoms with Crippen molar-refractivity contribution >= 4 is 11.6 Å². The van der Waals surface area contributed by atoms with Gasteiger partial charge in [0.15, 0.2) is 0 Å². The molecule has 0 aliphatic heterocycles. The number of nitrogen functional groups attached to an aromatic ring is 1. The van der Waals surface area contributed by atoms with Crippen molar-refractivity contribution in [2.45, 2.75) is 6.42 Å². The Morgan fingerprint density at radius 3 is 2.50 bits per heavy atom. The van der Waals surface area contributed by atoms with E-state index in [9.17, 15) is 9.18 Å². The molecule has 0 saturated carbocycles. The maximum Gasteiger partial charge on any atom is 0.255 e. The van der Waals surface area contributed by atoms with Gasteiger partial charge in [-0.3, -0.25) is 4.79 Å². The first-order valence-electron chi connectivity index (χ1n) is 5.87. The Bertz CT molecular complexity index is 421. The number of anilines is 1. The number of hydrogen-bond donors (Lipinski definition) is 1. The monoisotopic (exact) mass is 253 g/mol. The second kappa shape index (κ2) is 6.35. The number of hydrogen-bond acceptors (Lipinski definition) is 3. The number of amides is 1. The van der Waals surface area contributed by atoms with Gasteiger partial charge in [-0.1, -0.05) is 0 Å². The van der Waals surface area contributed by atoms with Crippen LogP contribution in [0.3, 0.4) is 0 Å². The maximum atomic E-state index is 12.9. The molecular formula is C13H20FN3O. The molecule has 1 aromatic rings. The van der Waals surface area contributed by atoms with Gasteiger partial charge in [0, 0.05) is 19.3 Å². The third kappa shape index (κ3) is 4.00. The maximum absolute atomic E-state index is 12.9. The highest BCUT2D eigenvalue weighted by Crippen LogP contribution is 2.15. The highest BCUT2D eigenvalue weighted by atomic mass is 19.1. The quantitative estimate of drug-likeness (QED) is 0.808. The zero-order chi connectivity index (χ0) is 13.7. The van der Waals surface area contributed by atoms with Gasteiger partial charge in [0.05, 0.1) is 5.56 Å². The first-order valence-corrected chi connectivity index (χ1v) is 5.87. The molecule has 0 aliphatic carbocycles. The molecule has 0 heterocycles. The van der Waals surface area contributed by atoms with Gasteiger partial charge in [0.2, 0.25) is 0 Å². The standard InChI is InChI=1S/C13H20FN3O/c1-16(2)7-4-8-17(3)13(18)11-6-5-10(14)9-12(11)15/h5-6,9H,4,7-8,15H2,1-3H3. The largest absolute Gasteiger partial charge is 0.398 e. The van der Waals surface area contributed by atoms with Crippen molar-refractivity contribution in [3.8, 4) is 0 Å². The summed E-state index contributed by atoms with van der Waals surface area (Å²) in [7, 11) is 5.69. The lowest BCUT2D eigenvalue weighted by atomic mass is 10.1. The fourth-order valence-electron chi connectivity index (χ4n) is 1.66. The highest BCUT2D eigenvalue weighted by molar-refractivity contribution is 5.98. The Balaban J connectivity index is 2.63. The van der Waals surface area contributed by atoms with E-state index in [1.54, 1.807) is 11.9 Å². The van der Waals surface area contributed by atoms with Crippen LogP contribution in [0.5, 0.6) is 0 Å². The molecule has 1 aromatic carbocycles. The number of benzene rings is 1. The van der Waals surface area contributed by atoms with Gasteiger partial charge >= 0.3 is 0 Å². The van der Waals surface area contributed by atoms with Gasteiger partial charge in [0.25, 0.3) is 5.91 Å². The summed E-state index contributed by atoms with van der Waals surface area (Å²) < 4.78 is 12.9. The number of nitrogens with two attached hydrogens (primary N) is 1. The van der Waals surface area contributed by atoms with Crippen LogP contribution in [0.15, 0.2) is 18.2 Å². The van der Waals surface area contributed by atoms with Crippen molar-refractivity contribution in [1.29, 1.82) is 0 Å². The van der Waals surface area contributed by atoms with Crippen molar-refractivity contribution in [2.75, 3.05) is 40.0 Å². The van der Waals surface area contributed by atoms with Crippen molar-refractivity contribution in [1.82, 2.24) is 9.80 Å². The molecule has 0 aromatic heterocycles. The fraction of sp³-hybridized carbons (Fsp3) is 0.462. The van der Waals surface area contributed by atoms with E-state index in [-0.39, 0.29) is 11.6 Å². The van der Waals surface area contributed by atoms with Crippen LogP contribution in [0.1, 0.15) is 16.8 Å². The number of carbonyl (C=O) groups is 1. The Kier molecular flexibility index (Phi) is 5.09. The molecule has 4 nitrogen and oxygen atoms in total. The minimum absolute atomic E-state index is 0.175. The summed E-state index contributed by atoms with van der Waals surface area (Å²) in [6, 6.07) is 3.84. The summed E-state index contributed by atoms with van der Waals surface area (Å²) in [5, 5.41) is 0. The minimum atomic E-state index is -0.431. The molecule has 0 unspecified atom stereocenters. The van der Waals surface area contributed by atoms with Crippen LogP contribution in [0.4, 0.5) is 10.1 Å². The van der Waals surface area contributed by atoms with E-state index in [4.69, 9.17) is 5.73 Å². The van der Waals surface area contributed by atoms with Crippen LogP contribution in [0.25, 0.3) is 0 Å². The Morgan fingerprint density at radius 2 is 1.94 bits per heavy atom. The lowest BCUT2D eigenvalue weighted by Crippen LogP contribution is -2.30. The van der Waals surface area contributed by atoms with Crippen molar-refractivity contribution in [2.24, 2.45) is 0 Å². The molecule has 2 N–H and O–H groups in total. The van der Waals surface area contributed by atoms with E-state index >= 15 is 0 Å². The SMILES string of the molecule is CN(C)CCCN(C)C(=O)c1ccc(F)cc1N. The topological polar surface area (TPSA) is 49.6 Å². The molecule has 1 amide bonds. The molecule has 100 valence electrons. The van der Waals surface area contributed by atoms with Crippen molar-refractivity contribution in [3.63, 3.8) is 0 Å². The van der Waals surface area contributed by atoms with E-state index in [1.165, 1.54) is 18.2 Å². The average molecular weight is 253 g/mol. The Morgan fingerprint density at radius 1 is 1.28 bits per heavy atom. The smallest absolute Gasteiger partial charge is 0.255 e. The molecule has 1 rings (SSSR count). The van der Waals surface area contributed by atoms with Gasteiger partial charge in [0.1, 0.15) is 5.82 Å². The van der Waals surface area contributed by atoms with Gasteiger partial charge in [-0.05, 0) is 45.3 Å². The van der Waals surface area contributed by atoms with Crippen LogP contribution in [0, 0.1) is 5.82 Å². The lowest BCUT2D eigenvalue weighted by molar-refractivity contribution is 0.0791. The summed E-state index contributed by atoms with van der Waals surface area (Å²) in [5.41, 5.74) is 6.17. The molecule has 0 spiro atoms. The van der Waals surface area contributed by atoms with Gasteiger partial charge in [-0.15, -0.1) is 0 Å². The van der Waals surface area contributed by atoms with Crippen molar-refractivity contribution in [3.05, 3.63) is 29.6 Å². The predicted octanol–water partition coefficient (Wildman–Crippen LogP) is 1.43. The Labute approximate surface area is 107 Å². The molecule has 5 heteroatoms. The number of carbonyl (C=O) groups excluding carboxylic acids is 1. The minimum Gasteiger partial charge on any atom is -0.398 e. The molecule has 0 atom stereocenters. The van der Waals surface area contributed by atoms with Crippen LogP contribution in [-0.2, 0) is 0 Å². The third-order valence-corrected chi connectivity index (χ3v) is 2.69. The number of rotatable bonds is 5. The zero-order valence-corrected chi connectivity index (χ0v) is 11.1. The molecular weight excluding hydrogens is 233 g/mol. The van der Waals surface area contributed by atoms with Crippen LogP contribution >= 0.6 is 0 Å². The van der Waals surface area contributed by atoms with Crippen LogP contribution < -0.4 is 5.73 Å². The van der Waals surface area contributed by atoms with Crippen LogP contribution in [0.2, 0.25) is 0 Å². The summed E-state index contributed by atoms with van der Waals surface area (Å²) in [5.74, 6) is -0.606. The molecule has 0 fully saturated rings. The zero-order valence-electron chi connectivity index (χ0n) is 11.1. The normalized spacial score (nSPS) is 10.7. The third-order valence-electron chi connectivity index (χ3n) is 2.69. The van der Waals surface area contributed by atoms with Gasteiger partial charge < -0.3 is 15.5 Å². The fourth-order valence-corrected chi connectivity index (χ4v) is 1.66. The van der Waals surface area contributed by atoms with Gasteiger partial charge in [-0.2, -0.15) is 0 Å². The van der Waals surface area contributed by atoms with E-state index < -0.39 is 5.82 Å². The number of halogens is 1. The first-order chi connectivity index (χ1) is 8.41.